The van der Waals surface area contributed by atoms with Gasteiger partial charge < -0.3 is 5.32 Å². The molecule has 2 bridgehead atoms. The molecule has 0 heterocycles. The van der Waals surface area contributed by atoms with Crippen molar-refractivity contribution in [2.24, 2.45) is 11.8 Å². The van der Waals surface area contributed by atoms with Crippen molar-refractivity contribution in [2.75, 3.05) is 4.72 Å². The van der Waals surface area contributed by atoms with E-state index >= 15 is 0 Å². The molecule has 0 aliphatic heterocycles. The maximum absolute atomic E-state index is 13.0. The van der Waals surface area contributed by atoms with Crippen molar-refractivity contribution in [1.82, 2.24) is 5.32 Å². The predicted octanol–water partition coefficient (Wildman–Crippen LogP) is 4.33. The number of fused-ring (bicyclic) bond motifs is 2. The van der Waals surface area contributed by atoms with E-state index in [9.17, 15) is 13.2 Å². The molecular weight excluding hydrogens is 384 g/mol. The van der Waals surface area contributed by atoms with E-state index in [2.05, 4.69) is 10.0 Å². The zero-order valence-corrected chi connectivity index (χ0v) is 18.0. The summed E-state index contributed by atoms with van der Waals surface area (Å²) >= 11 is 0. The van der Waals surface area contributed by atoms with Crippen LogP contribution in [-0.2, 0) is 10.0 Å². The van der Waals surface area contributed by atoms with Crippen LogP contribution in [0, 0.1) is 32.6 Å². The molecule has 6 heteroatoms. The molecule has 3 atom stereocenters. The molecule has 0 saturated heterocycles. The molecule has 2 aromatic rings. The molecule has 0 radical (unpaired) electrons. The Balaban J connectivity index is 1.56. The molecule has 1 amide bonds. The van der Waals surface area contributed by atoms with Crippen molar-refractivity contribution < 1.29 is 13.2 Å². The Morgan fingerprint density at radius 3 is 2.41 bits per heavy atom. The highest BCUT2D eigenvalue weighted by molar-refractivity contribution is 7.92. The summed E-state index contributed by atoms with van der Waals surface area (Å²) in [5.41, 5.74) is 3.47. The summed E-state index contributed by atoms with van der Waals surface area (Å²) in [6.07, 6.45) is 4.71. The highest BCUT2D eigenvalue weighted by atomic mass is 32.2. The zero-order chi connectivity index (χ0) is 20.8. The van der Waals surface area contributed by atoms with E-state index in [4.69, 9.17) is 0 Å². The fourth-order valence-corrected chi connectivity index (χ4v) is 6.23. The Hall–Kier alpha value is -2.34. The highest BCUT2D eigenvalue weighted by Crippen LogP contribution is 2.44. The monoisotopic (exact) mass is 412 g/mol. The van der Waals surface area contributed by atoms with Gasteiger partial charge in [0.15, 0.2) is 0 Å². The van der Waals surface area contributed by atoms with Crippen LogP contribution < -0.4 is 10.0 Å². The minimum Gasteiger partial charge on any atom is -0.349 e. The Morgan fingerprint density at radius 1 is 0.966 bits per heavy atom. The van der Waals surface area contributed by atoms with E-state index in [0.717, 1.165) is 23.5 Å². The molecule has 2 aromatic carbocycles. The third-order valence-corrected chi connectivity index (χ3v) is 7.93. The van der Waals surface area contributed by atoms with Gasteiger partial charge in [-0.1, -0.05) is 30.2 Å². The van der Waals surface area contributed by atoms with Gasteiger partial charge in [-0.05, 0) is 81.2 Å². The average Bonchev–Trinajstić information content (AvgIpc) is 3.27. The normalized spacial score (nSPS) is 23.2. The maximum Gasteiger partial charge on any atom is 0.262 e. The minimum atomic E-state index is -3.80. The van der Waals surface area contributed by atoms with Crippen LogP contribution in [0.4, 0.5) is 5.69 Å². The maximum atomic E-state index is 13.0. The van der Waals surface area contributed by atoms with Crippen molar-refractivity contribution in [3.63, 3.8) is 0 Å². The molecule has 2 aliphatic carbocycles. The number of nitrogens with one attached hydrogen (secondary N) is 2. The zero-order valence-electron chi connectivity index (χ0n) is 17.2. The lowest BCUT2D eigenvalue weighted by molar-refractivity contribution is 0.0922. The molecule has 2 aliphatic rings. The van der Waals surface area contributed by atoms with Gasteiger partial charge in [-0.2, -0.15) is 0 Å². The second kappa shape index (κ2) is 7.48. The minimum absolute atomic E-state index is 0.137. The number of amides is 1. The first kappa shape index (κ1) is 20.0. The fraction of sp³-hybridized carbons (Fsp3) is 0.435. The lowest BCUT2D eigenvalue weighted by Crippen LogP contribution is -2.38. The van der Waals surface area contributed by atoms with E-state index in [0.29, 0.717) is 22.7 Å². The Bertz CT molecular complexity index is 1060. The number of hydrogen-bond acceptors (Lipinski definition) is 3. The third-order valence-electron chi connectivity index (χ3n) is 6.42. The molecule has 29 heavy (non-hydrogen) atoms. The summed E-state index contributed by atoms with van der Waals surface area (Å²) in [4.78, 5) is 12.9. The summed E-state index contributed by atoms with van der Waals surface area (Å²) in [5.74, 6) is 1.12. The molecule has 2 fully saturated rings. The average molecular weight is 413 g/mol. The number of anilines is 1. The van der Waals surface area contributed by atoms with Crippen molar-refractivity contribution >= 4 is 21.6 Å². The Morgan fingerprint density at radius 2 is 1.76 bits per heavy atom. The molecule has 0 spiro atoms. The first-order valence-electron chi connectivity index (χ1n) is 10.2. The van der Waals surface area contributed by atoms with Crippen molar-refractivity contribution in [3.05, 3.63) is 58.7 Å². The van der Waals surface area contributed by atoms with Gasteiger partial charge in [-0.15, -0.1) is 0 Å². The predicted molar refractivity (Wildman–Crippen MR) is 115 cm³/mol. The van der Waals surface area contributed by atoms with Gasteiger partial charge in [0.2, 0.25) is 0 Å². The summed E-state index contributed by atoms with van der Waals surface area (Å²) in [5, 5.41) is 3.14. The largest absolute Gasteiger partial charge is 0.349 e. The number of rotatable bonds is 5. The van der Waals surface area contributed by atoms with Crippen molar-refractivity contribution in [2.45, 2.75) is 57.4 Å². The summed E-state index contributed by atoms with van der Waals surface area (Å²) in [6.45, 7) is 5.58. The molecule has 4 rings (SSSR count). The second-order valence-corrected chi connectivity index (χ2v) is 10.3. The highest BCUT2D eigenvalue weighted by Gasteiger charge is 2.40. The molecule has 2 N–H and O–H groups in total. The van der Waals surface area contributed by atoms with Gasteiger partial charge in [0, 0.05) is 11.6 Å². The lowest BCUT2D eigenvalue weighted by atomic mass is 9.95. The Kier molecular flexibility index (Phi) is 5.15. The number of carbonyl (C=O) groups excluding carboxylic acids is 1. The molecule has 0 unspecified atom stereocenters. The standard InChI is InChI=1S/C23H28N2O3S/c1-14-4-9-20(16(3)10-14)25-29(27,28)22-13-19(7-5-15(22)2)23(26)24-21-12-17-6-8-18(21)11-17/h4-5,7,9-10,13,17-18,21,25H,6,8,11-12H2,1-3H3,(H,24,26)/t17-,18-,21-/m0/s1. The number of hydrogen-bond donors (Lipinski definition) is 2. The van der Waals surface area contributed by atoms with E-state index in [1.807, 2.05) is 26.0 Å². The SMILES string of the molecule is Cc1ccc(NS(=O)(=O)c2cc(C(=O)N[C@H]3C[C@H]4CC[C@H]3C4)ccc2C)c(C)c1. The topological polar surface area (TPSA) is 75.3 Å². The first-order chi connectivity index (χ1) is 13.7. The van der Waals surface area contributed by atoms with Gasteiger partial charge in [0.25, 0.3) is 15.9 Å². The number of sulfonamides is 1. The Labute approximate surface area is 173 Å². The van der Waals surface area contributed by atoms with Crippen LogP contribution >= 0.6 is 0 Å². The third kappa shape index (κ3) is 4.04. The van der Waals surface area contributed by atoms with Crippen molar-refractivity contribution in [1.29, 1.82) is 0 Å². The van der Waals surface area contributed by atoms with E-state index in [1.54, 1.807) is 25.1 Å². The molecule has 2 saturated carbocycles. The number of carbonyl (C=O) groups is 1. The van der Waals surface area contributed by atoms with Gasteiger partial charge in [-0.3, -0.25) is 9.52 Å². The van der Waals surface area contributed by atoms with Crippen LogP contribution in [0.2, 0.25) is 0 Å². The van der Waals surface area contributed by atoms with Crippen LogP contribution in [-0.4, -0.2) is 20.4 Å². The summed E-state index contributed by atoms with van der Waals surface area (Å²) in [7, 11) is -3.80. The van der Waals surface area contributed by atoms with Gasteiger partial charge in [0.1, 0.15) is 0 Å². The number of aryl methyl sites for hydroxylation is 3. The van der Waals surface area contributed by atoms with E-state index < -0.39 is 10.0 Å². The van der Waals surface area contributed by atoms with Gasteiger partial charge in [0.05, 0.1) is 10.6 Å². The molecule has 154 valence electrons. The lowest BCUT2D eigenvalue weighted by Gasteiger charge is -2.23. The summed E-state index contributed by atoms with van der Waals surface area (Å²) in [6, 6.07) is 10.7. The molecule has 0 aromatic heterocycles. The molecule has 5 nitrogen and oxygen atoms in total. The van der Waals surface area contributed by atoms with Gasteiger partial charge in [-0.25, -0.2) is 8.42 Å². The van der Waals surface area contributed by atoms with Crippen LogP contribution in [0.1, 0.15) is 52.7 Å². The number of benzene rings is 2. The quantitative estimate of drug-likeness (QED) is 0.767. The van der Waals surface area contributed by atoms with E-state index in [1.165, 1.54) is 25.3 Å². The second-order valence-electron chi connectivity index (χ2n) is 8.66. The first-order valence-corrected chi connectivity index (χ1v) is 11.7. The van der Waals surface area contributed by atoms with E-state index in [-0.39, 0.29) is 16.8 Å². The molecular formula is C23H28N2O3S. The van der Waals surface area contributed by atoms with Crippen LogP contribution in [0.5, 0.6) is 0 Å². The van der Waals surface area contributed by atoms with Gasteiger partial charge >= 0.3 is 0 Å². The van der Waals surface area contributed by atoms with Crippen LogP contribution in [0.3, 0.4) is 0 Å². The van der Waals surface area contributed by atoms with Crippen molar-refractivity contribution in [3.8, 4) is 0 Å². The summed E-state index contributed by atoms with van der Waals surface area (Å²) < 4.78 is 28.8. The van der Waals surface area contributed by atoms with Crippen LogP contribution in [0.25, 0.3) is 0 Å². The smallest absolute Gasteiger partial charge is 0.262 e. The van der Waals surface area contributed by atoms with Crippen LogP contribution in [0.15, 0.2) is 41.3 Å². The fourth-order valence-electron chi connectivity index (χ4n) is 4.83.